The predicted molar refractivity (Wildman–Crippen MR) is 60.7 cm³/mol. The van der Waals surface area contributed by atoms with Crippen molar-refractivity contribution in [1.29, 1.82) is 0 Å². The number of carboxylic acid groups (broad SMARTS) is 1. The van der Waals surface area contributed by atoms with Gasteiger partial charge in [0.15, 0.2) is 0 Å². The summed E-state index contributed by atoms with van der Waals surface area (Å²) < 4.78 is 5.11. The Morgan fingerprint density at radius 1 is 1.60 bits per heavy atom. The Bertz CT molecular complexity index is 535. The molecule has 3 nitrogen and oxygen atoms in total. The van der Waals surface area contributed by atoms with E-state index in [-0.39, 0.29) is 6.42 Å². The van der Waals surface area contributed by atoms with E-state index in [0.717, 1.165) is 15.8 Å². The molecule has 1 heterocycles. The first kappa shape index (κ1) is 10.4. The van der Waals surface area contributed by atoms with Crippen molar-refractivity contribution in [2.45, 2.75) is 13.3 Å². The minimum atomic E-state index is -0.855. The molecule has 15 heavy (non-hydrogen) atoms. The van der Waals surface area contributed by atoms with Crippen LogP contribution in [0.2, 0.25) is 5.02 Å². The molecule has 0 fully saturated rings. The minimum absolute atomic E-state index is 0.00898. The number of hydrogen-bond acceptors (Lipinski definition) is 3. The molecule has 1 aromatic carbocycles. The lowest BCUT2D eigenvalue weighted by atomic mass is 10.1. The van der Waals surface area contributed by atoms with Crippen molar-refractivity contribution < 1.29 is 9.90 Å². The Balaban J connectivity index is 2.59. The van der Waals surface area contributed by atoms with Gasteiger partial charge < -0.3 is 5.11 Å². The van der Waals surface area contributed by atoms with Crippen molar-refractivity contribution in [1.82, 2.24) is 4.37 Å². The van der Waals surface area contributed by atoms with Gasteiger partial charge in [0, 0.05) is 5.39 Å². The lowest BCUT2D eigenvalue weighted by molar-refractivity contribution is -0.136. The average molecular weight is 242 g/mol. The van der Waals surface area contributed by atoms with Gasteiger partial charge in [0.05, 0.1) is 21.8 Å². The molecule has 0 saturated carbocycles. The van der Waals surface area contributed by atoms with Gasteiger partial charge in [-0.2, -0.15) is 4.37 Å². The van der Waals surface area contributed by atoms with E-state index in [4.69, 9.17) is 16.7 Å². The highest BCUT2D eigenvalue weighted by Crippen LogP contribution is 2.31. The Morgan fingerprint density at radius 2 is 2.33 bits per heavy atom. The molecule has 0 aliphatic rings. The quantitative estimate of drug-likeness (QED) is 0.880. The number of benzene rings is 1. The van der Waals surface area contributed by atoms with E-state index in [9.17, 15) is 4.79 Å². The third-order valence-corrected chi connectivity index (χ3v) is 3.52. The number of rotatable bonds is 2. The topological polar surface area (TPSA) is 50.2 Å². The van der Waals surface area contributed by atoms with Crippen LogP contribution in [0.4, 0.5) is 0 Å². The van der Waals surface area contributed by atoms with Crippen LogP contribution in [0.5, 0.6) is 0 Å². The SMILES string of the molecule is Cc1nsc2c(Cl)cc(CC(=O)O)cc12. The standard InChI is InChI=1S/C10H8ClNO2S/c1-5-7-2-6(4-9(13)14)3-8(11)10(7)15-12-5/h2-3H,4H2,1H3,(H,13,14). The minimum Gasteiger partial charge on any atom is -0.481 e. The lowest BCUT2D eigenvalue weighted by Crippen LogP contribution is -1.99. The molecule has 1 aromatic heterocycles. The first-order chi connectivity index (χ1) is 7.08. The number of hydrogen-bond donors (Lipinski definition) is 1. The molecule has 0 amide bonds. The van der Waals surface area contributed by atoms with Crippen LogP contribution in [0.25, 0.3) is 10.1 Å². The monoisotopic (exact) mass is 241 g/mol. The smallest absolute Gasteiger partial charge is 0.307 e. The van der Waals surface area contributed by atoms with Crippen molar-refractivity contribution in [3.05, 3.63) is 28.4 Å². The zero-order valence-electron chi connectivity index (χ0n) is 7.95. The maximum atomic E-state index is 10.6. The molecule has 78 valence electrons. The van der Waals surface area contributed by atoms with E-state index in [2.05, 4.69) is 4.37 Å². The summed E-state index contributed by atoms with van der Waals surface area (Å²) in [6.45, 7) is 1.89. The second kappa shape index (κ2) is 3.79. The third-order valence-electron chi connectivity index (χ3n) is 2.12. The Labute approximate surface area is 95.5 Å². The molecule has 2 rings (SSSR count). The molecular formula is C10H8ClNO2S. The Kier molecular flexibility index (Phi) is 2.63. The Hall–Kier alpha value is -1.13. The summed E-state index contributed by atoms with van der Waals surface area (Å²) in [5, 5.41) is 10.2. The maximum Gasteiger partial charge on any atom is 0.307 e. The van der Waals surface area contributed by atoms with E-state index in [1.54, 1.807) is 6.07 Å². The van der Waals surface area contributed by atoms with Gasteiger partial charge in [-0.15, -0.1) is 0 Å². The summed E-state index contributed by atoms with van der Waals surface area (Å²) in [6, 6.07) is 3.53. The van der Waals surface area contributed by atoms with Gasteiger partial charge in [0.2, 0.25) is 0 Å². The number of carbonyl (C=O) groups is 1. The van der Waals surface area contributed by atoms with Crippen LogP contribution in [0, 0.1) is 6.92 Å². The van der Waals surface area contributed by atoms with Crippen LogP contribution in [0.1, 0.15) is 11.3 Å². The lowest BCUT2D eigenvalue weighted by Gasteiger charge is -2.00. The summed E-state index contributed by atoms with van der Waals surface area (Å²) in [6.07, 6.45) is -0.00898. The number of halogens is 1. The van der Waals surface area contributed by atoms with E-state index >= 15 is 0 Å². The van der Waals surface area contributed by atoms with Crippen molar-refractivity contribution in [3.63, 3.8) is 0 Å². The molecule has 0 radical (unpaired) electrons. The van der Waals surface area contributed by atoms with Gasteiger partial charge in [-0.1, -0.05) is 11.6 Å². The molecule has 0 atom stereocenters. The summed E-state index contributed by atoms with van der Waals surface area (Å²) >= 11 is 7.38. The molecule has 2 aromatic rings. The molecule has 0 saturated heterocycles. The summed E-state index contributed by atoms with van der Waals surface area (Å²) in [5.74, 6) is -0.855. The molecule has 0 spiro atoms. The number of carboxylic acids is 1. The van der Waals surface area contributed by atoms with Crippen LogP contribution in [0.15, 0.2) is 12.1 Å². The number of aliphatic carboxylic acids is 1. The summed E-state index contributed by atoms with van der Waals surface area (Å²) in [4.78, 5) is 10.6. The van der Waals surface area contributed by atoms with E-state index < -0.39 is 5.97 Å². The van der Waals surface area contributed by atoms with Gasteiger partial charge in [-0.3, -0.25) is 4.79 Å². The number of fused-ring (bicyclic) bond motifs is 1. The van der Waals surface area contributed by atoms with Crippen LogP contribution < -0.4 is 0 Å². The summed E-state index contributed by atoms with van der Waals surface area (Å²) in [5.41, 5.74) is 1.60. The van der Waals surface area contributed by atoms with Crippen LogP contribution in [0.3, 0.4) is 0 Å². The van der Waals surface area contributed by atoms with Crippen molar-refractivity contribution >= 4 is 39.2 Å². The van der Waals surface area contributed by atoms with Crippen molar-refractivity contribution in [2.24, 2.45) is 0 Å². The molecular weight excluding hydrogens is 234 g/mol. The molecule has 0 aliphatic carbocycles. The second-order valence-electron chi connectivity index (χ2n) is 3.29. The van der Waals surface area contributed by atoms with Crippen LogP contribution in [-0.4, -0.2) is 15.4 Å². The third kappa shape index (κ3) is 1.96. The molecule has 0 bridgehead atoms. The fourth-order valence-electron chi connectivity index (χ4n) is 1.45. The molecule has 0 unspecified atom stereocenters. The van der Waals surface area contributed by atoms with E-state index in [1.165, 1.54) is 11.5 Å². The van der Waals surface area contributed by atoms with Crippen molar-refractivity contribution in [3.8, 4) is 0 Å². The van der Waals surface area contributed by atoms with Gasteiger partial charge in [-0.25, -0.2) is 0 Å². The normalized spacial score (nSPS) is 10.8. The highest BCUT2D eigenvalue weighted by Gasteiger charge is 2.09. The number of aryl methyl sites for hydroxylation is 1. The Morgan fingerprint density at radius 3 is 3.00 bits per heavy atom. The van der Waals surface area contributed by atoms with Gasteiger partial charge in [0.1, 0.15) is 0 Å². The fraction of sp³-hybridized carbons (Fsp3) is 0.200. The largest absolute Gasteiger partial charge is 0.481 e. The highest BCUT2D eigenvalue weighted by molar-refractivity contribution is 7.14. The first-order valence-corrected chi connectivity index (χ1v) is 5.49. The zero-order chi connectivity index (χ0) is 11.0. The molecule has 5 heteroatoms. The molecule has 0 aliphatic heterocycles. The van der Waals surface area contributed by atoms with Crippen LogP contribution in [-0.2, 0) is 11.2 Å². The highest BCUT2D eigenvalue weighted by atomic mass is 35.5. The zero-order valence-corrected chi connectivity index (χ0v) is 9.52. The maximum absolute atomic E-state index is 10.6. The van der Waals surface area contributed by atoms with E-state index in [0.29, 0.717) is 10.6 Å². The van der Waals surface area contributed by atoms with Gasteiger partial charge >= 0.3 is 5.97 Å². The van der Waals surface area contributed by atoms with E-state index in [1.807, 2.05) is 13.0 Å². The van der Waals surface area contributed by atoms with Gasteiger partial charge in [0.25, 0.3) is 0 Å². The second-order valence-corrected chi connectivity index (χ2v) is 4.47. The van der Waals surface area contributed by atoms with Crippen LogP contribution >= 0.6 is 23.1 Å². The summed E-state index contributed by atoms with van der Waals surface area (Å²) in [7, 11) is 0. The number of nitrogens with zero attached hydrogens (tertiary/aromatic N) is 1. The van der Waals surface area contributed by atoms with Gasteiger partial charge in [-0.05, 0) is 36.2 Å². The average Bonchev–Trinajstić information content (AvgIpc) is 2.47. The first-order valence-electron chi connectivity index (χ1n) is 4.34. The predicted octanol–water partition coefficient (Wildman–Crippen LogP) is 2.89. The molecule has 1 N–H and O–H groups in total. The fourth-order valence-corrected chi connectivity index (χ4v) is 2.57. The number of aromatic nitrogens is 1. The van der Waals surface area contributed by atoms with Crippen molar-refractivity contribution in [2.75, 3.05) is 0 Å².